The topological polar surface area (TPSA) is 114 Å². The summed E-state index contributed by atoms with van der Waals surface area (Å²) in [6.07, 6.45) is 0. The summed E-state index contributed by atoms with van der Waals surface area (Å²) in [6.45, 7) is 4.84. The molecule has 0 atom stereocenters. The van der Waals surface area contributed by atoms with Crippen molar-refractivity contribution in [3.8, 4) is 5.75 Å². The second kappa shape index (κ2) is 3.33. The van der Waals surface area contributed by atoms with Gasteiger partial charge in [-0.3, -0.25) is 4.99 Å². The zero-order valence-corrected chi connectivity index (χ0v) is 7.61. The molecule has 6 heteroatoms. The van der Waals surface area contributed by atoms with Crippen LogP contribution in [-0.2, 0) is 0 Å². The maximum Gasteiger partial charge on any atom is 0.159 e. The summed E-state index contributed by atoms with van der Waals surface area (Å²) >= 11 is 0. The van der Waals surface area contributed by atoms with Gasteiger partial charge in [0.1, 0.15) is 11.4 Å². The Bertz CT molecular complexity index is 379. The molecule has 6 nitrogen and oxygen atoms in total. The van der Waals surface area contributed by atoms with Gasteiger partial charge in [-0.2, -0.15) is 0 Å². The Labute approximate surface area is 80.2 Å². The van der Waals surface area contributed by atoms with Crippen molar-refractivity contribution >= 4 is 29.5 Å². The minimum Gasteiger partial charge on any atom is -0.505 e. The highest BCUT2D eigenvalue weighted by atomic mass is 16.3. The minimum atomic E-state index is -0.240. The maximum atomic E-state index is 10.4. The highest BCUT2D eigenvalue weighted by Crippen LogP contribution is 2.46. The van der Waals surface area contributed by atoms with E-state index in [0.29, 0.717) is 5.56 Å². The molecule has 0 amide bonds. The quantitative estimate of drug-likeness (QED) is 0.218. The van der Waals surface area contributed by atoms with Gasteiger partial charge >= 0.3 is 0 Å². The normalized spacial score (nSPS) is 9.79. The summed E-state index contributed by atoms with van der Waals surface area (Å²) in [6, 6.07) is 0. The van der Waals surface area contributed by atoms with E-state index in [1.807, 2.05) is 0 Å². The second-order valence-electron chi connectivity index (χ2n) is 2.75. The first-order valence-electron chi connectivity index (χ1n) is 3.75. The van der Waals surface area contributed by atoms with Crippen LogP contribution < -0.4 is 11.5 Å². The van der Waals surface area contributed by atoms with E-state index in [1.54, 1.807) is 6.92 Å². The van der Waals surface area contributed by atoms with Gasteiger partial charge in [0.2, 0.25) is 0 Å². The van der Waals surface area contributed by atoms with E-state index in [9.17, 15) is 10.0 Å². The van der Waals surface area contributed by atoms with Crippen LogP contribution in [0.2, 0.25) is 0 Å². The van der Waals surface area contributed by atoms with E-state index < -0.39 is 0 Å². The lowest BCUT2D eigenvalue weighted by atomic mass is 10.1. The Kier molecular flexibility index (Phi) is 2.37. The van der Waals surface area contributed by atoms with Crippen LogP contribution in [0.15, 0.2) is 10.2 Å². The summed E-state index contributed by atoms with van der Waals surface area (Å²) < 4.78 is 0. The van der Waals surface area contributed by atoms with E-state index in [2.05, 4.69) is 16.9 Å². The highest BCUT2D eigenvalue weighted by molar-refractivity contribution is 5.92. The van der Waals surface area contributed by atoms with Crippen molar-refractivity contribution in [2.24, 2.45) is 10.2 Å². The average molecular weight is 194 g/mol. The van der Waals surface area contributed by atoms with Crippen LogP contribution in [0.25, 0.3) is 0 Å². The van der Waals surface area contributed by atoms with Gasteiger partial charge in [0.25, 0.3) is 0 Å². The lowest BCUT2D eigenvalue weighted by Crippen LogP contribution is -1.95. The molecule has 0 aromatic heterocycles. The van der Waals surface area contributed by atoms with Gasteiger partial charge in [-0.15, -0.1) is 4.91 Å². The summed E-state index contributed by atoms with van der Waals surface area (Å²) in [5, 5.41) is 12.1. The number of hydrogen-bond acceptors (Lipinski definition) is 6. The molecule has 1 rings (SSSR count). The van der Waals surface area contributed by atoms with Gasteiger partial charge in [-0.1, -0.05) is 0 Å². The van der Waals surface area contributed by atoms with Gasteiger partial charge in [0.05, 0.1) is 11.4 Å². The Morgan fingerprint density at radius 3 is 2.29 bits per heavy atom. The van der Waals surface area contributed by atoms with E-state index in [1.165, 1.54) is 0 Å². The van der Waals surface area contributed by atoms with Gasteiger partial charge in [-0.05, 0) is 18.8 Å². The molecule has 0 aliphatic carbocycles. The van der Waals surface area contributed by atoms with Crippen LogP contribution in [-0.4, -0.2) is 11.8 Å². The Morgan fingerprint density at radius 2 is 1.86 bits per heavy atom. The predicted molar refractivity (Wildman–Crippen MR) is 56.3 cm³/mol. The zero-order chi connectivity index (χ0) is 10.9. The fourth-order valence-electron chi connectivity index (χ4n) is 1.19. The molecule has 0 aliphatic rings. The van der Waals surface area contributed by atoms with Crippen LogP contribution in [0.5, 0.6) is 5.75 Å². The number of nitrogens with zero attached hydrogens (tertiary/aromatic N) is 2. The van der Waals surface area contributed by atoms with Gasteiger partial charge in [-0.25, -0.2) is 0 Å². The Balaban J connectivity index is 3.72. The molecule has 14 heavy (non-hydrogen) atoms. The molecular weight excluding hydrogens is 184 g/mol. The third-order valence-corrected chi connectivity index (χ3v) is 1.98. The van der Waals surface area contributed by atoms with Crippen molar-refractivity contribution in [1.29, 1.82) is 0 Å². The molecule has 5 N–H and O–H groups in total. The third-order valence-electron chi connectivity index (χ3n) is 1.98. The lowest BCUT2D eigenvalue weighted by Gasteiger charge is -2.10. The minimum absolute atomic E-state index is 0.0304. The van der Waals surface area contributed by atoms with Gasteiger partial charge < -0.3 is 16.6 Å². The smallest absolute Gasteiger partial charge is 0.159 e. The third kappa shape index (κ3) is 1.17. The van der Waals surface area contributed by atoms with Gasteiger partial charge in [0.15, 0.2) is 5.69 Å². The first-order valence-corrected chi connectivity index (χ1v) is 3.75. The summed E-state index contributed by atoms with van der Waals surface area (Å²) in [5.74, 6) is -0.240. The van der Waals surface area contributed by atoms with Crippen LogP contribution >= 0.6 is 0 Å². The number of rotatable bonds is 2. The van der Waals surface area contributed by atoms with E-state index in [0.717, 1.165) is 0 Å². The highest BCUT2D eigenvalue weighted by Gasteiger charge is 2.17. The van der Waals surface area contributed by atoms with Gasteiger partial charge in [0, 0.05) is 5.56 Å². The number of hydrogen-bond donors (Lipinski definition) is 3. The van der Waals surface area contributed by atoms with Crippen LogP contribution in [0.4, 0.5) is 22.7 Å². The summed E-state index contributed by atoms with van der Waals surface area (Å²) in [7, 11) is 0. The van der Waals surface area contributed by atoms with Crippen molar-refractivity contribution in [3.05, 3.63) is 10.5 Å². The zero-order valence-electron chi connectivity index (χ0n) is 7.61. The number of nitrogens with two attached hydrogens (primary N) is 2. The molecule has 0 saturated carbocycles. The molecular formula is C8H10N4O2. The number of phenols is 1. The number of phenolic OH excluding ortho intramolecular Hbond substituents is 1. The number of nitrogen functional groups attached to an aromatic ring is 2. The van der Waals surface area contributed by atoms with Crippen molar-refractivity contribution in [2.45, 2.75) is 6.92 Å². The lowest BCUT2D eigenvalue weighted by molar-refractivity contribution is 0.474. The van der Waals surface area contributed by atoms with Crippen LogP contribution in [0.3, 0.4) is 0 Å². The molecule has 1 aromatic carbocycles. The van der Waals surface area contributed by atoms with E-state index in [-0.39, 0.29) is 28.5 Å². The molecule has 1 aromatic rings. The van der Waals surface area contributed by atoms with Crippen LogP contribution in [0, 0.1) is 11.8 Å². The largest absolute Gasteiger partial charge is 0.505 e. The standard InChI is InChI=1S/C8H10N4O2/c1-3-6(11-2)4(9)7(12-14)5(10)8(3)13/h13H,2,9-10H2,1H3. The Morgan fingerprint density at radius 1 is 1.29 bits per heavy atom. The molecule has 74 valence electrons. The number of aromatic hydroxyl groups is 1. The fraction of sp³-hybridized carbons (Fsp3) is 0.125. The van der Waals surface area contributed by atoms with Crippen molar-refractivity contribution in [1.82, 2.24) is 0 Å². The van der Waals surface area contributed by atoms with E-state index >= 15 is 0 Å². The maximum absolute atomic E-state index is 10.4. The SMILES string of the molecule is C=Nc1c(C)c(O)c(N)c(N=O)c1N. The summed E-state index contributed by atoms with van der Waals surface area (Å²) in [4.78, 5) is 14.0. The second-order valence-corrected chi connectivity index (χ2v) is 2.75. The Hall–Kier alpha value is -2.11. The predicted octanol–water partition coefficient (Wildman–Crippen LogP) is 1.60. The molecule has 0 aliphatic heterocycles. The average Bonchev–Trinajstić information content (AvgIpc) is 2.16. The fourth-order valence-corrected chi connectivity index (χ4v) is 1.19. The number of aliphatic imine (C=N–C) groups is 1. The molecule has 0 fully saturated rings. The molecule has 0 unspecified atom stereocenters. The molecule has 0 radical (unpaired) electrons. The number of benzene rings is 1. The molecule has 0 saturated heterocycles. The van der Waals surface area contributed by atoms with Crippen LogP contribution in [0.1, 0.15) is 5.56 Å². The monoisotopic (exact) mass is 194 g/mol. The van der Waals surface area contributed by atoms with Crippen molar-refractivity contribution < 1.29 is 5.11 Å². The molecule has 0 bridgehead atoms. The van der Waals surface area contributed by atoms with Crippen molar-refractivity contribution in [2.75, 3.05) is 11.5 Å². The first-order chi connectivity index (χ1) is 6.54. The number of nitroso groups, excluding NO2 is 1. The summed E-state index contributed by atoms with van der Waals surface area (Å²) in [5.41, 5.74) is 11.3. The number of anilines is 2. The van der Waals surface area contributed by atoms with Crippen molar-refractivity contribution in [3.63, 3.8) is 0 Å². The molecule has 0 spiro atoms. The first kappa shape index (κ1) is 9.97. The van der Waals surface area contributed by atoms with E-state index in [4.69, 9.17) is 11.5 Å². The molecule has 0 heterocycles.